The molecule has 0 fully saturated rings. The molecule has 0 aliphatic heterocycles. The van der Waals surface area contributed by atoms with Crippen LogP contribution in [0.1, 0.15) is 0 Å². The summed E-state index contributed by atoms with van der Waals surface area (Å²) in [7, 11) is -3.82. The molecule has 0 atom stereocenters. The van der Waals surface area contributed by atoms with E-state index in [0.29, 0.717) is 15.2 Å². The van der Waals surface area contributed by atoms with Crippen molar-refractivity contribution in [3.63, 3.8) is 0 Å². The number of carbonyl (C=O) groups is 1. The fourth-order valence-corrected chi connectivity index (χ4v) is 4.25. The molecule has 3 aromatic rings. The van der Waals surface area contributed by atoms with Crippen molar-refractivity contribution in [2.45, 2.75) is 9.24 Å². The van der Waals surface area contributed by atoms with Gasteiger partial charge in [0.25, 0.3) is 10.0 Å². The number of amides is 1. The van der Waals surface area contributed by atoms with Crippen molar-refractivity contribution in [3.05, 3.63) is 42.7 Å². The highest BCUT2D eigenvalue weighted by atomic mass is 32.2. The second kappa shape index (κ2) is 8.28. The summed E-state index contributed by atoms with van der Waals surface area (Å²) in [5.74, 6) is -0.161. The fourth-order valence-electron chi connectivity index (χ4n) is 1.85. The minimum Gasteiger partial charge on any atom is -0.374 e. The Morgan fingerprint density at radius 1 is 1.15 bits per heavy atom. The zero-order chi connectivity index (χ0) is 19.3. The number of nitrogens with one attached hydrogen (secondary N) is 2. The number of rotatable bonds is 7. The highest BCUT2D eigenvalue weighted by Gasteiger charge is 2.15. The maximum Gasteiger partial charge on any atom is 0.264 e. The molecule has 1 aromatic carbocycles. The van der Waals surface area contributed by atoms with Gasteiger partial charge in [0.15, 0.2) is 4.34 Å². The Balaban J connectivity index is 1.58. The molecule has 4 N–H and O–H groups in total. The van der Waals surface area contributed by atoms with E-state index in [1.165, 1.54) is 59.8 Å². The quantitative estimate of drug-likeness (QED) is 0.479. The normalized spacial score (nSPS) is 11.1. The number of nitrogens with two attached hydrogens (primary N) is 1. The van der Waals surface area contributed by atoms with Gasteiger partial charge in [-0.25, -0.2) is 23.1 Å². The number of carbonyl (C=O) groups excluding carboxylic acids is 1. The monoisotopic (exact) mass is 423 g/mol. The molecule has 13 heteroatoms. The van der Waals surface area contributed by atoms with Crippen LogP contribution in [0.15, 0.2) is 52.0 Å². The molecule has 1 amide bonds. The van der Waals surface area contributed by atoms with Crippen LogP contribution in [0.2, 0.25) is 0 Å². The third kappa shape index (κ3) is 5.35. The van der Waals surface area contributed by atoms with E-state index in [-0.39, 0.29) is 22.5 Å². The Morgan fingerprint density at radius 2 is 1.85 bits per heavy atom. The maximum absolute atomic E-state index is 12.3. The van der Waals surface area contributed by atoms with Crippen LogP contribution in [-0.2, 0) is 14.8 Å². The Morgan fingerprint density at radius 3 is 2.48 bits per heavy atom. The number of anilines is 3. The summed E-state index contributed by atoms with van der Waals surface area (Å²) in [5.41, 5.74) is 5.94. The van der Waals surface area contributed by atoms with Crippen molar-refractivity contribution in [1.82, 2.24) is 20.2 Å². The van der Waals surface area contributed by atoms with Crippen LogP contribution in [0.5, 0.6) is 0 Å². The van der Waals surface area contributed by atoms with Crippen molar-refractivity contribution in [3.8, 4) is 0 Å². The molecule has 3 rings (SSSR count). The van der Waals surface area contributed by atoms with Gasteiger partial charge in [0.2, 0.25) is 17.0 Å². The fraction of sp³-hybridized carbons (Fsp3) is 0.0714. The summed E-state index contributed by atoms with van der Waals surface area (Å²) in [6, 6.07) is 7.31. The van der Waals surface area contributed by atoms with E-state index in [0.717, 1.165) is 0 Å². The first kappa shape index (κ1) is 19.0. The summed E-state index contributed by atoms with van der Waals surface area (Å²) in [6.07, 6.45) is 2.86. The molecule has 27 heavy (non-hydrogen) atoms. The third-order valence-corrected chi connectivity index (χ3v) is 6.22. The van der Waals surface area contributed by atoms with Crippen LogP contribution < -0.4 is 15.8 Å². The highest BCUT2D eigenvalue weighted by molar-refractivity contribution is 8.01. The summed E-state index contributed by atoms with van der Waals surface area (Å²) >= 11 is 2.41. The largest absolute Gasteiger partial charge is 0.374 e. The number of hydrogen-bond donors (Lipinski definition) is 3. The highest BCUT2D eigenvalue weighted by Crippen LogP contribution is 2.23. The first-order chi connectivity index (χ1) is 12.9. The Kier molecular flexibility index (Phi) is 5.83. The number of benzene rings is 1. The number of thioether (sulfide) groups is 1. The molecule has 0 saturated heterocycles. The van der Waals surface area contributed by atoms with Gasteiger partial charge in [0.1, 0.15) is 0 Å². The van der Waals surface area contributed by atoms with Crippen molar-refractivity contribution in [2.75, 3.05) is 21.5 Å². The zero-order valence-corrected chi connectivity index (χ0v) is 16.0. The standard InChI is InChI=1S/C14H13N7O3S3/c15-12-19-20-14(26-12)25-8-11(22)18-9-2-4-10(5-3-9)27(23,24)21-13-16-6-1-7-17-13/h1-7H,8H2,(H2,15,19)(H,18,22)(H,16,17,21). The third-order valence-electron chi connectivity index (χ3n) is 2.99. The predicted molar refractivity (Wildman–Crippen MR) is 103 cm³/mol. The summed E-state index contributed by atoms with van der Waals surface area (Å²) < 4.78 is 27.5. The van der Waals surface area contributed by atoms with Gasteiger partial charge in [0, 0.05) is 18.1 Å². The molecule has 140 valence electrons. The summed E-state index contributed by atoms with van der Waals surface area (Å²) in [6.45, 7) is 0. The maximum atomic E-state index is 12.3. The van der Waals surface area contributed by atoms with E-state index in [2.05, 4.69) is 30.2 Å². The molecule has 0 radical (unpaired) electrons. The predicted octanol–water partition coefficient (Wildman–Crippen LogP) is 1.44. The average molecular weight is 424 g/mol. The van der Waals surface area contributed by atoms with Crippen LogP contribution >= 0.6 is 23.1 Å². The van der Waals surface area contributed by atoms with E-state index >= 15 is 0 Å². The van der Waals surface area contributed by atoms with Gasteiger partial charge in [-0.2, -0.15) is 0 Å². The van der Waals surface area contributed by atoms with E-state index in [4.69, 9.17) is 5.73 Å². The molecule has 0 saturated carbocycles. The molecule has 0 unspecified atom stereocenters. The lowest BCUT2D eigenvalue weighted by atomic mass is 10.3. The minimum absolute atomic E-state index is 0.0201. The van der Waals surface area contributed by atoms with E-state index in [9.17, 15) is 13.2 Å². The average Bonchev–Trinajstić information content (AvgIpc) is 3.06. The summed E-state index contributed by atoms with van der Waals surface area (Å²) in [4.78, 5) is 19.6. The van der Waals surface area contributed by atoms with Crippen molar-refractivity contribution in [1.29, 1.82) is 0 Å². The number of aromatic nitrogens is 4. The van der Waals surface area contributed by atoms with E-state index in [1.807, 2.05) is 0 Å². The number of nitrogen functional groups attached to an aromatic ring is 1. The van der Waals surface area contributed by atoms with Gasteiger partial charge < -0.3 is 11.1 Å². The Hall–Kier alpha value is -2.77. The molecule has 0 spiro atoms. The lowest BCUT2D eigenvalue weighted by Crippen LogP contribution is -2.16. The van der Waals surface area contributed by atoms with Gasteiger partial charge in [-0.05, 0) is 30.3 Å². The molecule has 0 aliphatic rings. The van der Waals surface area contributed by atoms with Gasteiger partial charge >= 0.3 is 0 Å². The topological polar surface area (TPSA) is 153 Å². The Labute approximate surface area is 162 Å². The number of sulfonamides is 1. The van der Waals surface area contributed by atoms with Crippen LogP contribution in [0.25, 0.3) is 0 Å². The van der Waals surface area contributed by atoms with Crippen LogP contribution in [0.4, 0.5) is 16.8 Å². The van der Waals surface area contributed by atoms with Crippen molar-refractivity contribution < 1.29 is 13.2 Å². The lowest BCUT2D eigenvalue weighted by Gasteiger charge is -2.08. The summed E-state index contributed by atoms with van der Waals surface area (Å²) in [5, 5.41) is 10.5. The van der Waals surface area contributed by atoms with Crippen molar-refractivity contribution in [2.24, 2.45) is 0 Å². The lowest BCUT2D eigenvalue weighted by molar-refractivity contribution is -0.113. The van der Waals surface area contributed by atoms with Crippen LogP contribution in [0.3, 0.4) is 0 Å². The molecule has 0 aliphatic carbocycles. The SMILES string of the molecule is Nc1nnc(SCC(=O)Nc2ccc(S(=O)(=O)Nc3ncccn3)cc2)s1. The Bertz CT molecular complexity index is 1020. The first-order valence-corrected chi connectivity index (χ1v) is 10.6. The molecule has 2 heterocycles. The molecular weight excluding hydrogens is 410 g/mol. The van der Waals surface area contributed by atoms with Crippen LogP contribution in [0, 0.1) is 0 Å². The van der Waals surface area contributed by atoms with E-state index in [1.54, 1.807) is 6.07 Å². The molecular formula is C14H13N7O3S3. The minimum atomic E-state index is -3.82. The van der Waals surface area contributed by atoms with Gasteiger partial charge in [-0.3, -0.25) is 4.79 Å². The molecule has 0 bridgehead atoms. The second-order valence-electron chi connectivity index (χ2n) is 4.95. The second-order valence-corrected chi connectivity index (χ2v) is 8.86. The first-order valence-electron chi connectivity index (χ1n) is 7.34. The number of nitrogens with zero attached hydrogens (tertiary/aromatic N) is 4. The van der Waals surface area contributed by atoms with Gasteiger partial charge in [-0.1, -0.05) is 23.1 Å². The molecule has 2 aromatic heterocycles. The zero-order valence-electron chi connectivity index (χ0n) is 13.6. The molecule has 10 nitrogen and oxygen atoms in total. The van der Waals surface area contributed by atoms with Gasteiger partial charge in [0.05, 0.1) is 10.6 Å². The van der Waals surface area contributed by atoms with Gasteiger partial charge in [-0.15, -0.1) is 10.2 Å². The smallest absolute Gasteiger partial charge is 0.264 e. The van der Waals surface area contributed by atoms with Crippen LogP contribution in [-0.4, -0.2) is 40.2 Å². The van der Waals surface area contributed by atoms with Crippen molar-refractivity contribution >= 4 is 55.8 Å². The van der Waals surface area contributed by atoms with E-state index < -0.39 is 10.0 Å². The number of hydrogen-bond acceptors (Lipinski definition) is 10.